The van der Waals surface area contributed by atoms with Gasteiger partial charge in [0.15, 0.2) is 11.8 Å². The summed E-state index contributed by atoms with van der Waals surface area (Å²) in [6.07, 6.45) is 3.95. The number of aliphatic imine (C=N–C) groups is 1. The van der Waals surface area contributed by atoms with Gasteiger partial charge in [0.1, 0.15) is 6.54 Å². The van der Waals surface area contributed by atoms with Crippen LogP contribution < -0.4 is 10.6 Å². The summed E-state index contributed by atoms with van der Waals surface area (Å²) in [7, 11) is 0. The summed E-state index contributed by atoms with van der Waals surface area (Å²) in [4.78, 5) is 8.60. The highest BCUT2D eigenvalue weighted by Gasteiger charge is 2.35. The predicted octanol–water partition coefficient (Wildman–Crippen LogP) is 1.99. The summed E-state index contributed by atoms with van der Waals surface area (Å²) >= 11 is 0. The average molecular weight is 437 g/mol. The van der Waals surface area contributed by atoms with Crippen molar-refractivity contribution >= 4 is 29.9 Å². The van der Waals surface area contributed by atoms with E-state index in [9.17, 15) is 5.11 Å². The molecule has 132 valence electrons. The smallest absolute Gasteiger partial charge is 0.223 e. The fourth-order valence-electron chi connectivity index (χ4n) is 2.77. The molecule has 3 N–H and O–H groups in total. The van der Waals surface area contributed by atoms with Gasteiger partial charge in [0.25, 0.3) is 0 Å². The monoisotopic (exact) mass is 437 g/mol. The van der Waals surface area contributed by atoms with Gasteiger partial charge in [-0.1, -0.05) is 24.9 Å². The summed E-state index contributed by atoms with van der Waals surface area (Å²) in [6.45, 7) is 7.76. The lowest BCUT2D eigenvalue weighted by Gasteiger charge is -2.38. The van der Waals surface area contributed by atoms with E-state index in [1.165, 1.54) is 6.42 Å². The standard InChI is InChI=1S/C15H27N5O2.HI/c1-4-16-14(17-9-13-19-11(2)22-20-13)18-10-15(3)8-6-5-7-12(15)21;/h12,21H,4-10H2,1-3H3,(H2,16,17,18);1H. The van der Waals surface area contributed by atoms with Crippen LogP contribution in [0.4, 0.5) is 0 Å². The zero-order valence-electron chi connectivity index (χ0n) is 14.1. The van der Waals surface area contributed by atoms with Crippen molar-refractivity contribution < 1.29 is 9.63 Å². The fraction of sp³-hybridized carbons (Fsp3) is 0.800. The molecule has 7 nitrogen and oxygen atoms in total. The van der Waals surface area contributed by atoms with Crippen molar-refractivity contribution in [2.45, 2.75) is 59.1 Å². The number of hydrogen-bond acceptors (Lipinski definition) is 5. The molecule has 0 bridgehead atoms. The van der Waals surface area contributed by atoms with Gasteiger partial charge >= 0.3 is 0 Å². The molecule has 0 saturated heterocycles. The number of guanidine groups is 1. The summed E-state index contributed by atoms with van der Waals surface area (Å²) < 4.78 is 4.94. The molecule has 0 spiro atoms. The highest BCUT2D eigenvalue weighted by atomic mass is 127. The van der Waals surface area contributed by atoms with E-state index in [2.05, 4.69) is 32.7 Å². The van der Waals surface area contributed by atoms with E-state index < -0.39 is 0 Å². The Bertz CT molecular complexity index is 508. The van der Waals surface area contributed by atoms with Crippen LogP contribution >= 0.6 is 24.0 Å². The highest BCUT2D eigenvalue weighted by Crippen LogP contribution is 2.35. The summed E-state index contributed by atoms with van der Waals surface area (Å²) in [6, 6.07) is 0. The molecule has 2 unspecified atom stereocenters. The molecular weight excluding hydrogens is 409 g/mol. The van der Waals surface area contributed by atoms with Crippen molar-refractivity contribution in [1.82, 2.24) is 20.8 Å². The second-order valence-corrected chi connectivity index (χ2v) is 6.19. The molecule has 1 saturated carbocycles. The minimum Gasteiger partial charge on any atom is -0.392 e. The van der Waals surface area contributed by atoms with Gasteiger partial charge in [-0.15, -0.1) is 24.0 Å². The SMILES string of the molecule is CCNC(=NCc1noc(C)n1)NCC1(C)CCCCC1O.I. The second kappa shape index (κ2) is 9.41. The van der Waals surface area contributed by atoms with Crippen molar-refractivity contribution in [3.8, 4) is 0 Å². The largest absolute Gasteiger partial charge is 0.392 e. The van der Waals surface area contributed by atoms with Crippen molar-refractivity contribution in [2.75, 3.05) is 13.1 Å². The number of aromatic nitrogens is 2. The second-order valence-electron chi connectivity index (χ2n) is 6.19. The molecule has 0 aromatic carbocycles. The van der Waals surface area contributed by atoms with E-state index in [0.29, 0.717) is 30.8 Å². The Morgan fingerprint density at radius 1 is 1.43 bits per heavy atom. The van der Waals surface area contributed by atoms with E-state index in [1.807, 2.05) is 6.92 Å². The first-order valence-corrected chi connectivity index (χ1v) is 8.03. The molecule has 1 aliphatic rings. The van der Waals surface area contributed by atoms with Crippen LogP contribution in [0.25, 0.3) is 0 Å². The van der Waals surface area contributed by atoms with Gasteiger partial charge in [-0.2, -0.15) is 4.98 Å². The van der Waals surface area contributed by atoms with Crippen LogP contribution in [0.2, 0.25) is 0 Å². The van der Waals surface area contributed by atoms with E-state index >= 15 is 0 Å². The van der Waals surface area contributed by atoms with E-state index in [4.69, 9.17) is 4.52 Å². The maximum atomic E-state index is 10.2. The maximum Gasteiger partial charge on any atom is 0.223 e. The van der Waals surface area contributed by atoms with Crippen molar-refractivity contribution in [1.29, 1.82) is 0 Å². The molecule has 1 heterocycles. The normalized spacial score (nSPS) is 24.9. The third-order valence-electron chi connectivity index (χ3n) is 4.23. The minimum atomic E-state index is -0.253. The van der Waals surface area contributed by atoms with Crippen molar-refractivity contribution in [3.05, 3.63) is 11.7 Å². The van der Waals surface area contributed by atoms with Crippen molar-refractivity contribution in [2.24, 2.45) is 10.4 Å². The first-order valence-electron chi connectivity index (χ1n) is 8.03. The summed E-state index contributed by atoms with van der Waals surface area (Å²) in [5.41, 5.74) is -0.100. The van der Waals surface area contributed by atoms with Gasteiger partial charge in [-0.3, -0.25) is 0 Å². The quantitative estimate of drug-likeness (QED) is 0.371. The van der Waals surface area contributed by atoms with Gasteiger partial charge < -0.3 is 20.3 Å². The van der Waals surface area contributed by atoms with Crippen LogP contribution in [0, 0.1) is 12.3 Å². The van der Waals surface area contributed by atoms with Gasteiger partial charge in [0, 0.05) is 25.4 Å². The number of nitrogens with one attached hydrogen (secondary N) is 2. The molecule has 8 heteroatoms. The zero-order valence-corrected chi connectivity index (χ0v) is 16.5. The topological polar surface area (TPSA) is 95.6 Å². The predicted molar refractivity (Wildman–Crippen MR) is 99.9 cm³/mol. The van der Waals surface area contributed by atoms with Crippen LogP contribution in [0.3, 0.4) is 0 Å². The van der Waals surface area contributed by atoms with Crippen LogP contribution in [-0.4, -0.2) is 40.4 Å². The zero-order chi connectivity index (χ0) is 16.0. The van der Waals surface area contributed by atoms with E-state index in [-0.39, 0.29) is 35.5 Å². The molecular formula is C15H28IN5O2. The summed E-state index contributed by atoms with van der Waals surface area (Å²) in [5.74, 6) is 1.82. The number of nitrogens with zero attached hydrogens (tertiary/aromatic N) is 3. The highest BCUT2D eigenvalue weighted by molar-refractivity contribution is 14.0. The molecule has 1 aliphatic carbocycles. The first kappa shape index (κ1) is 20.1. The first-order chi connectivity index (χ1) is 10.5. The van der Waals surface area contributed by atoms with Crippen LogP contribution in [-0.2, 0) is 6.54 Å². The third-order valence-corrected chi connectivity index (χ3v) is 4.23. The molecule has 0 amide bonds. The van der Waals surface area contributed by atoms with Gasteiger partial charge in [-0.05, 0) is 19.8 Å². The number of aliphatic hydroxyl groups is 1. The maximum absolute atomic E-state index is 10.2. The van der Waals surface area contributed by atoms with Crippen LogP contribution in [0.1, 0.15) is 51.2 Å². The number of hydrogen-bond donors (Lipinski definition) is 3. The van der Waals surface area contributed by atoms with Gasteiger partial charge in [0.2, 0.25) is 5.89 Å². The molecule has 1 fully saturated rings. The molecule has 1 aromatic heterocycles. The Balaban J connectivity index is 0.00000264. The number of rotatable bonds is 5. The van der Waals surface area contributed by atoms with Crippen LogP contribution in [0.15, 0.2) is 9.52 Å². The van der Waals surface area contributed by atoms with Gasteiger partial charge in [0.05, 0.1) is 6.10 Å². The Labute approximate surface area is 154 Å². The fourth-order valence-corrected chi connectivity index (χ4v) is 2.77. The molecule has 0 aliphatic heterocycles. The van der Waals surface area contributed by atoms with E-state index in [1.54, 1.807) is 6.92 Å². The number of aryl methyl sites for hydroxylation is 1. The lowest BCUT2D eigenvalue weighted by molar-refractivity contribution is 0.00397. The number of aliphatic hydroxyl groups excluding tert-OH is 1. The molecule has 23 heavy (non-hydrogen) atoms. The van der Waals surface area contributed by atoms with E-state index in [0.717, 1.165) is 25.8 Å². The molecule has 2 atom stereocenters. The Morgan fingerprint density at radius 2 is 2.22 bits per heavy atom. The lowest BCUT2D eigenvalue weighted by atomic mass is 9.73. The lowest BCUT2D eigenvalue weighted by Crippen LogP contribution is -2.48. The summed E-state index contributed by atoms with van der Waals surface area (Å²) in [5, 5.41) is 20.6. The Hall–Kier alpha value is -0.900. The average Bonchev–Trinajstić information content (AvgIpc) is 2.91. The number of halogens is 1. The third kappa shape index (κ3) is 5.91. The molecule has 2 rings (SSSR count). The molecule has 1 aromatic rings. The Kier molecular flexibility index (Phi) is 8.24. The minimum absolute atomic E-state index is 0. The van der Waals surface area contributed by atoms with Gasteiger partial charge in [-0.25, -0.2) is 4.99 Å². The van der Waals surface area contributed by atoms with Crippen LogP contribution in [0.5, 0.6) is 0 Å². The molecule has 0 radical (unpaired) electrons. The Morgan fingerprint density at radius 3 is 2.83 bits per heavy atom. The van der Waals surface area contributed by atoms with Crippen molar-refractivity contribution in [3.63, 3.8) is 0 Å².